The molecular formula is C17H22N2O3. The van der Waals surface area contributed by atoms with Crippen molar-refractivity contribution in [2.24, 2.45) is 0 Å². The number of hydrogen-bond acceptors (Lipinski definition) is 3. The number of amides is 1. The minimum Gasteiger partial charge on any atom is -0.443 e. The van der Waals surface area contributed by atoms with Gasteiger partial charge in [0, 0.05) is 23.7 Å². The number of hydrogen-bond donors (Lipinski definition) is 1. The molecule has 0 spiro atoms. The van der Waals surface area contributed by atoms with Gasteiger partial charge in [-0.3, -0.25) is 4.90 Å². The SMILES string of the molecule is CC1CN(C(=O)OC(C)(C)C)c2cccc3cc(CO)n1c23. The van der Waals surface area contributed by atoms with Gasteiger partial charge < -0.3 is 14.4 Å². The number of rotatable bonds is 1. The lowest BCUT2D eigenvalue weighted by atomic mass is 10.1. The van der Waals surface area contributed by atoms with Gasteiger partial charge in [-0.1, -0.05) is 12.1 Å². The van der Waals surface area contributed by atoms with Crippen LogP contribution in [0.5, 0.6) is 0 Å². The second-order valence-corrected chi connectivity index (χ2v) is 6.82. The maximum atomic E-state index is 12.5. The Kier molecular flexibility index (Phi) is 3.40. The molecule has 0 bridgehead atoms. The fourth-order valence-corrected chi connectivity index (χ4v) is 3.10. The molecule has 118 valence electrons. The monoisotopic (exact) mass is 302 g/mol. The van der Waals surface area contributed by atoms with Crippen molar-refractivity contribution in [2.75, 3.05) is 11.4 Å². The molecule has 1 aromatic carbocycles. The summed E-state index contributed by atoms with van der Waals surface area (Å²) in [5, 5.41) is 10.6. The largest absolute Gasteiger partial charge is 0.443 e. The summed E-state index contributed by atoms with van der Waals surface area (Å²) < 4.78 is 7.65. The number of aliphatic hydroxyl groups is 1. The normalized spacial score (nSPS) is 17.9. The number of para-hydroxylation sites is 1. The van der Waals surface area contributed by atoms with Crippen molar-refractivity contribution in [1.29, 1.82) is 0 Å². The molecule has 1 aliphatic rings. The highest BCUT2D eigenvalue weighted by Crippen LogP contribution is 2.37. The molecule has 1 N–H and O–H groups in total. The number of carbonyl (C=O) groups excluding carboxylic acids is 1. The second-order valence-electron chi connectivity index (χ2n) is 6.82. The summed E-state index contributed by atoms with van der Waals surface area (Å²) in [7, 11) is 0. The van der Waals surface area contributed by atoms with Gasteiger partial charge >= 0.3 is 6.09 Å². The van der Waals surface area contributed by atoms with E-state index in [1.54, 1.807) is 4.90 Å². The van der Waals surface area contributed by atoms with E-state index in [0.29, 0.717) is 6.54 Å². The fourth-order valence-electron chi connectivity index (χ4n) is 3.10. The zero-order valence-electron chi connectivity index (χ0n) is 13.5. The molecule has 22 heavy (non-hydrogen) atoms. The van der Waals surface area contributed by atoms with E-state index in [2.05, 4.69) is 4.57 Å². The average Bonchev–Trinajstić information content (AvgIpc) is 2.81. The summed E-state index contributed by atoms with van der Waals surface area (Å²) in [6.45, 7) is 8.17. The van der Waals surface area contributed by atoms with Crippen LogP contribution in [0.3, 0.4) is 0 Å². The summed E-state index contributed by atoms with van der Waals surface area (Å²) in [5.74, 6) is 0. The molecule has 2 heterocycles. The Labute approximate surface area is 130 Å². The van der Waals surface area contributed by atoms with Crippen LogP contribution >= 0.6 is 0 Å². The minimum absolute atomic E-state index is 0.00903. The first-order valence-electron chi connectivity index (χ1n) is 7.56. The summed E-state index contributed by atoms with van der Waals surface area (Å²) in [4.78, 5) is 14.2. The standard InChI is InChI=1S/C17H22N2O3/c1-11-9-18(16(21)22-17(2,3)4)14-7-5-6-12-8-13(10-20)19(11)15(12)14/h5-8,11,20H,9-10H2,1-4H3. The van der Waals surface area contributed by atoms with E-state index in [9.17, 15) is 9.90 Å². The Morgan fingerprint density at radius 2 is 2.14 bits per heavy atom. The van der Waals surface area contributed by atoms with Gasteiger partial charge in [0.25, 0.3) is 0 Å². The highest BCUT2D eigenvalue weighted by molar-refractivity contribution is 6.01. The molecule has 0 aliphatic carbocycles. The van der Waals surface area contributed by atoms with Crippen LogP contribution in [0.1, 0.15) is 39.4 Å². The quantitative estimate of drug-likeness (QED) is 0.878. The van der Waals surface area contributed by atoms with E-state index in [-0.39, 0.29) is 18.7 Å². The first-order valence-corrected chi connectivity index (χ1v) is 7.56. The Bertz CT molecular complexity index is 727. The Morgan fingerprint density at radius 3 is 2.77 bits per heavy atom. The zero-order chi connectivity index (χ0) is 16.1. The summed E-state index contributed by atoms with van der Waals surface area (Å²) in [6.07, 6.45) is -0.329. The molecule has 0 fully saturated rings. The third kappa shape index (κ3) is 2.35. The van der Waals surface area contributed by atoms with Crippen LogP contribution in [0.25, 0.3) is 10.9 Å². The van der Waals surface area contributed by atoms with Crippen molar-refractivity contribution in [2.45, 2.75) is 45.9 Å². The van der Waals surface area contributed by atoms with E-state index >= 15 is 0 Å². The third-order valence-electron chi connectivity index (χ3n) is 3.87. The van der Waals surface area contributed by atoms with Crippen LogP contribution in [-0.4, -0.2) is 27.9 Å². The number of aromatic nitrogens is 1. The van der Waals surface area contributed by atoms with Gasteiger partial charge in [-0.25, -0.2) is 4.79 Å². The first-order chi connectivity index (χ1) is 10.3. The van der Waals surface area contributed by atoms with Gasteiger partial charge in [0.05, 0.1) is 17.8 Å². The minimum atomic E-state index is -0.524. The fraction of sp³-hybridized carbons (Fsp3) is 0.471. The van der Waals surface area contributed by atoms with E-state index < -0.39 is 5.60 Å². The van der Waals surface area contributed by atoms with Crippen LogP contribution in [0.15, 0.2) is 24.3 Å². The molecule has 1 aromatic heterocycles. The van der Waals surface area contributed by atoms with Gasteiger partial charge in [0.2, 0.25) is 0 Å². The molecule has 1 aliphatic heterocycles. The smallest absolute Gasteiger partial charge is 0.414 e. The van der Waals surface area contributed by atoms with Crippen molar-refractivity contribution in [1.82, 2.24) is 4.57 Å². The second kappa shape index (κ2) is 5.02. The van der Waals surface area contributed by atoms with Gasteiger partial charge in [-0.2, -0.15) is 0 Å². The summed E-state index contributed by atoms with van der Waals surface area (Å²) >= 11 is 0. The Morgan fingerprint density at radius 1 is 1.41 bits per heavy atom. The average molecular weight is 302 g/mol. The van der Waals surface area contributed by atoms with Crippen molar-refractivity contribution in [3.8, 4) is 0 Å². The van der Waals surface area contributed by atoms with Crippen molar-refractivity contribution in [3.05, 3.63) is 30.0 Å². The first kappa shape index (κ1) is 14.9. The van der Waals surface area contributed by atoms with Gasteiger partial charge in [-0.05, 0) is 39.8 Å². The summed E-state index contributed by atoms with van der Waals surface area (Å²) in [6, 6.07) is 7.92. The maximum Gasteiger partial charge on any atom is 0.414 e. The number of anilines is 1. The van der Waals surface area contributed by atoms with Crippen LogP contribution in [0, 0.1) is 0 Å². The number of aliphatic hydroxyl groups excluding tert-OH is 1. The molecule has 0 saturated carbocycles. The van der Waals surface area contributed by atoms with Gasteiger partial charge in [0.15, 0.2) is 0 Å². The molecule has 1 amide bonds. The molecule has 1 atom stereocenters. The predicted octanol–water partition coefficient (Wildman–Crippen LogP) is 3.45. The number of benzene rings is 1. The van der Waals surface area contributed by atoms with Crippen LogP contribution in [-0.2, 0) is 11.3 Å². The van der Waals surface area contributed by atoms with E-state index in [0.717, 1.165) is 22.3 Å². The van der Waals surface area contributed by atoms with Crippen molar-refractivity contribution < 1.29 is 14.6 Å². The molecule has 5 nitrogen and oxygen atoms in total. The Hall–Kier alpha value is -2.01. The van der Waals surface area contributed by atoms with Crippen LogP contribution in [0.2, 0.25) is 0 Å². The van der Waals surface area contributed by atoms with E-state index in [4.69, 9.17) is 4.74 Å². The summed E-state index contributed by atoms with van der Waals surface area (Å²) in [5.41, 5.74) is 2.17. The van der Waals surface area contributed by atoms with E-state index in [1.165, 1.54) is 0 Å². The van der Waals surface area contributed by atoms with Gasteiger partial charge in [-0.15, -0.1) is 0 Å². The van der Waals surface area contributed by atoms with Gasteiger partial charge in [0.1, 0.15) is 5.60 Å². The third-order valence-corrected chi connectivity index (χ3v) is 3.87. The number of nitrogens with zero attached hydrogens (tertiary/aromatic N) is 2. The maximum absolute atomic E-state index is 12.5. The molecule has 3 rings (SSSR count). The zero-order valence-corrected chi connectivity index (χ0v) is 13.5. The Balaban J connectivity index is 2.12. The predicted molar refractivity (Wildman–Crippen MR) is 86.2 cm³/mol. The van der Waals surface area contributed by atoms with Crippen molar-refractivity contribution in [3.63, 3.8) is 0 Å². The highest BCUT2D eigenvalue weighted by atomic mass is 16.6. The molecule has 1 unspecified atom stereocenters. The lowest BCUT2D eigenvalue weighted by Crippen LogP contribution is -2.42. The number of ether oxygens (including phenoxy) is 1. The van der Waals surface area contributed by atoms with E-state index in [1.807, 2.05) is 52.0 Å². The lowest BCUT2D eigenvalue weighted by Gasteiger charge is -2.35. The molecule has 0 saturated heterocycles. The molecule has 2 aromatic rings. The molecular weight excluding hydrogens is 280 g/mol. The lowest BCUT2D eigenvalue weighted by molar-refractivity contribution is 0.0574. The van der Waals surface area contributed by atoms with Crippen LogP contribution in [0.4, 0.5) is 10.5 Å². The highest BCUT2D eigenvalue weighted by Gasteiger charge is 2.32. The van der Waals surface area contributed by atoms with Crippen molar-refractivity contribution >= 4 is 22.7 Å². The molecule has 5 heteroatoms. The molecule has 0 radical (unpaired) electrons. The number of carbonyl (C=O) groups is 1. The topological polar surface area (TPSA) is 54.7 Å². The van der Waals surface area contributed by atoms with Crippen LogP contribution < -0.4 is 4.90 Å².